The topological polar surface area (TPSA) is 69.3 Å². The molecule has 4 rings (SSSR count). The molecule has 0 unspecified atom stereocenters. The first kappa shape index (κ1) is 18.3. The number of nitrogens with one attached hydrogen (secondary N) is 1. The summed E-state index contributed by atoms with van der Waals surface area (Å²) in [6.07, 6.45) is 0. The third kappa shape index (κ3) is 4.12. The molecule has 1 aliphatic rings. The maximum atomic E-state index is 12.5. The fourth-order valence-corrected chi connectivity index (χ4v) is 4.61. The first-order valence-electron chi connectivity index (χ1n) is 8.49. The van der Waals surface area contributed by atoms with Gasteiger partial charge in [0.05, 0.1) is 21.7 Å². The molecule has 1 fully saturated rings. The van der Waals surface area contributed by atoms with Gasteiger partial charge in [-0.2, -0.15) is 0 Å². The Balaban J connectivity index is 1.29. The van der Waals surface area contributed by atoms with Gasteiger partial charge in [-0.25, -0.2) is 4.98 Å². The van der Waals surface area contributed by atoms with E-state index in [9.17, 15) is 9.59 Å². The van der Waals surface area contributed by atoms with Crippen LogP contribution in [0.2, 0.25) is 5.02 Å². The lowest BCUT2D eigenvalue weighted by atomic mass is 10.3. The lowest BCUT2D eigenvalue weighted by Gasteiger charge is -2.34. The number of carbonyl (C=O) groups excluding carboxylic acids is 2. The number of thiophene rings is 1. The summed E-state index contributed by atoms with van der Waals surface area (Å²) in [5.74, 6) is 0.418. The fourth-order valence-electron chi connectivity index (χ4n) is 2.96. The number of imidazole rings is 1. The van der Waals surface area contributed by atoms with Gasteiger partial charge in [0.15, 0.2) is 5.16 Å². The van der Waals surface area contributed by atoms with Gasteiger partial charge in [-0.15, -0.1) is 11.3 Å². The summed E-state index contributed by atoms with van der Waals surface area (Å²) in [6, 6.07) is 9.17. The Hall–Kier alpha value is -2.03. The van der Waals surface area contributed by atoms with Crippen LogP contribution in [0.5, 0.6) is 0 Å². The number of carbonyl (C=O) groups is 2. The predicted octanol–water partition coefficient (Wildman–Crippen LogP) is 3.35. The number of halogens is 1. The van der Waals surface area contributed by atoms with Gasteiger partial charge in [0.25, 0.3) is 5.91 Å². The summed E-state index contributed by atoms with van der Waals surface area (Å²) >= 11 is 8.81. The molecule has 2 aromatic heterocycles. The Bertz CT molecular complexity index is 965. The lowest BCUT2D eigenvalue weighted by molar-refractivity contribution is -0.129. The van der Waals surface area contributed by atoms with Crippen LogP contribution in [-0.2, 0) is 4.79 Å². The Morgan fingerprint density at radius 3 is 2.70 bits per heavy atom. The molecular weight excluding hydrogens is 404 g/mol. The van der Waals surface area contributed by atoms with Gasteiger partial charge < -0.3 is 14.8 Å². The first-order chi connectivity index (χ1) is 13.1. The highest BCUT2D eigenvalue weighted by Crippen LogP contribution is 2.22. The zero-order valence-electron chi connectivity index (χ0n) is 14.4. The number of nitrogens with zero attached hydrogens (tertiary/aromatic N) is 3. The van der Waals surface area contributed by atoms with Crippen molar-refractivity contribution in [3.05, 3.63) is 45.6 Å². The van der Waals surface area contributed by atoms with E-state index < -0.39 is 0 Å². The molecule has 27 heavy (non-hydrogen) atoms. The molecule has 1 saturated heterocycles. The smallest absolute Gasteiger partial charge is 0.264 e. The summed E-state index contributed by atoms with van der Waals surface area (Å²) in [6.45, 7) is 2.26. The third-order valence-electron chi connectivity index (χ3n) is 4.41. The fraction of sp³-hybridized carbons (Fsp3) is 0.278. The van der Waals surface area contributed by atoms with Crippen LogP contribution < -0.4 is 0 Å². The average molecular weight is 421 g/mol. The molecule has 0 atom stereocenters. The second-order valence-corrected chi connectivity index (χ2v) is 8.49. The summed E-state index contributed by atoms with van der Waals surface area (Å²) in [7, 11) is 0. The van der Waals surface area contributed by atoms with Crippen LogP contribution in [0.25, 0.3) is 11.0 Å². The van der Waals surface area contributed by atoms with E-state index in [4.69, 9.17) is 11.6 Å². The maximum Gasteiger partial charge on any atom is 0.264 e. The zero-order valence-corrected chi connectivity index (χ0v) is 16.7. The van der Waals surface area contributed by atoms with Crippen molar-refractivity contribution in [1.82, 2.24) is 19.8 Å². The van der Waals surface area contributed by atoms with Crippen molar-refractivity contribution in [3.8, 4) is 0 Å². The van der Waals surface area contributed by atoms with Crippen LogP contribution >= 0.6 is 34.7 Å². The van der Waals surface area contributed by atoms with Gasteiger partial charge >= 0.3 is 0 Å². The van der Waals surface area contributed by atoms with E-state index in [-0.39, 0.29) is 11.8 Å². The molecule has 6 nitrogen and oxygen atoms in total. The number of benzene rings is 1. The minimum absolute atomic E-state index is 0.0485. The van der Waals surface area contributed by atoms with Crippen LogP contribution in [-0.4, -0.2) is 63.5 Å². The minimum Gasteiger partial charge on any atom is -0.338 e. The van der Waals surface area contributed by atoms with Crippen LogP contribution in [0.15, 0.2) is 40.9 Å². The number of piperazine rings is 1. The number of thioether (sulfide) groups is 1. The quantitative estimate of drug-likeness (QED) is 0.657. The minimum atomic E-state index is 0.0485. The van der Waals surface area contributed by atoms with Gasteiger partial charge in [0, 0.05) is 31.2 Å². The summed E-state index contributed by atoms with van der Waals surface area (Å²) in [4.78, 5) is 36.9. The van der Waals surface area contributed by atoms with Crippen molar-refractivity contribution in [2.75, 3.05) is 31.9 Å². The molecule has 0 aliphatic carbocycles. The molecule has 0 spiro atoms. The van der Waals surface area contributed by atoms with Gasteiger partial charge in [0.2, 0.25) is 5.91 Å². The maximum absolute atomic E-state index is 12.5. The molecule has 0 bridgehead atoms. The largest absolute Gasteiger partial charge is 0.338 e. The third-order valence-corrected chi connectivity index (χ3v) is 6.36. The average Bonchev–Trinajstić information content (AvgIpc) is 3.35. The molecule has 1 aromatic carbocycles. The molecule has 2 amide bonds. The Morgan fingerprint density at radius 1 is 1.19 bits per heavy atom. The van der Waals surface area contributed by atoms with Crippen molar-refractivity contribution in [3.63, 3.8) is 0 Å². The number of hydrogen-bond acceptors (Lipinski definition) is 5. The first-order valence-corrected chi connectivity index (χ1v) is 10.7. The van der Waals surface area contributed by atoms with Gasteiger partial charge in [-0.1, -0.05) is 29.4 Å². The predicted molar refractivity (Wildman–Crippen MR) is 109 cm³/mol. The highest BCUT2D eigenvalue weighted by Gasteiger charge is 2.25. The SMILES string of the molecule is O=C(CSc1nc2ccc(Cl)cc2[nH]1)N1CCN(C(=O)c2cccs2)CC1. The van der Waals surface area contributed by atoms with Gasteiger partial charge in [-0.05, 0) is 29.6 Å². The van der Waals surface area contributed by atoms with Crippen molar-refractivity contribution in [2.45, 2.75) is 5.16 Å². The molecule has 0 radical (unpaired) electrons. The second kappa shape index (κ2) is 7.92. The molecule has 3 aromatic rings. The Labute approximate surface area is 169 Å². The van der Waals surface area contributed by atoms with E-state index in [1.165, 1.54) is 23.1 Å². The molecular formula is C18H17ClN4O2S2. The monoisotopic (exact) mass is 420 g/mol. The van der Waals surface area contributed by atoms with Crippen LogP contribution in [0.1, 0.15) is 9.67 Å². The Morgan fingerprint density at radius 2 is 1.96 bits per heavy atom. The number of aromatic amines is 1. The summed E-state index contributed by atoms with van der Waals surface area (Å²) in [5, 5.41) is 3.25. The highest BCUT2D eigenvalue weighted by atomic mass is 35.5. The summed E-state index contributed by atoms with van der Waals surface area (Å²) < 4.78 is 0. The molecule has 1 aliphatic heterocycles. The molecule has 9 heteroatoms. The summed E-state index contributed by atoms with van der Waals surface area (Å²) in [5.41, 5.74) is 1.69. The molecule has 3 heterocycles. The number of hydrogen-bond donors (Lipinski definition) is 1. The number of rotatable bonds is 4. The molecule has 1 N–H and O–H groups in total. The zero-order chi connectivity index (χ0) is 18.8. The van der Waals surface area contributed by atoms with E-state index in [1.54, 1.807) is 6.07 Å². The van der Waals surface area contributed by atoms with Crippen molar-refractivity contribution in [1.29, 1.82) is 0 Å². The van der Waals surface area contributed by atoms with Crippen molar-refractivity contribution < 1.29 is 9.59 Å². The van der Waals surface area contributed by atoms with Crippen LogP contribution in [0, 0.1) is 0 Å². The van der Waals surface area contributed by atoms with E-state index >= 15 is 0 Å². The van der Waals surface area contributed by atoms with E-state index in [1.807, 2.05) is 39.4 Å². The van der Waals surface area contributed by atoms with E-state index in [0.29, 0.717) is 42.1 Å². The van der Waals surface area contributed by atoms with Gasteiger partial charge in [0.1, 0.15) is 0 Å². The standard InChI is InChI=1S/C18H17ClN4O2S2/c19-12-3-4-13-14(10-12)21-18(20-13)27-11-16(24)22-5-7-23(8-6-22)17(25)15-2-1-9-26-15/h1-4,9-10H,5-8,11H2,(H,20,21). The highest BCUT2D eigenvalue weighted by molar-refractivity contribution is 7.99. The molecule has 140 valence electrons. The number of amides is 2. The second-order valence-electron chi connectivity index (χ2n) is 6.14. The van der Waals surface area contributed by atoms with E-state index in [2.05, 4.69) is 9.97 Å². The number of fused-ring (bicyclic) bond motifs is 1. The lowest BCUT2D eigenvalue weighted by Crippen LogP contribution is -2.51. The number of H-pyrrole nitrogens is 1. The van der Waals surface area contributed by atoms with Gasteiger partial charge in [-0.3, -0.25) is 9.59 Å². The Kier molecular flexibility index (Phi) is 5.38. The van der Waals surface area contributed by atoms with Crippen LogP contribution in [0.3, 0.4) is 0 Å². The van der Waals surface area contributed by atoms with Crippen molar-refractivity contribution >= 4 is 57.5 Å². The van der Waals surface area contributed by atoms with Crippen LogP contribution in [0.4, 0.5) is 0 Å². The normalized spacial score (nSPS) is 14.7. The molecule has 0 saturated carbocycles. The van der Waals surface area contributed by atoms with Crippen molar-refractivity contribution in [2.24, 2.45) is 0 Å². The van der Waals surface area contributed by atoms with E-state index in [0.717, 1.165) is 15.9 Å². The number of aromatic nitrogens is 2.